The van der Waals surface area contributed by atoms with E-state index < -0.39 is 0 Å². The molecule has 5 nitrogen and oxygen atoms in total. The Morgan fingerprint density at radius 2 is 1.53 bits per heavy atom. The van der Waals surface area contributed by atoms with Crippen LogP contribution in [0, 0.1) is 0 Å². The molecule has 3 aromatic rings. The van der Waals surface area contributed by atoms with Crippen molar-refractivity contribution in [1.29, 1.82) is 0 Å². The zero-order valence-electron chi connectivity index (χ0n) is 17.9. The lowest BCUT2D eigenvalue weighted by Gasteiger charge is -2.22. The maximum Gasteiger partial charge on any atom is 0.282 e. The van der Waals surface area contributed by atoms with Gasteiger partial charge in [0, 0.05) is 18.6 Å². The molecule has 1 aliphatic heterocycles. The molecular formula is C26H23ClN2O3. The topological polar surface area (TPSA) is 49.9 Å². The van der Waals surface area contributed by atoms with Crippen molar-refractivity contribution in [2.45, 2.75) is 13.5 Å². The standard InChI is InChI=1S/C26H23ClN2O3/c1-3-32-22-12-8-7-11-21(22)29-25(30)23(19-13-15-20(27)16-14-19)24(26(29)31)28(2)17-18-9-5-4-6-10-18/h4-16H,3,17H2,1-2H3. The molecule has 0 saturated heterocycles. The van der Waals surface area contributed by atoms with Crippen molar-refractivity contribution in [3.05, 3.63) is 101 Å². The van der Waals surface area contributed by atoms with Crippen LogP contribution in [0.25, 0.3) is 5.57 Å². The second-order valence-corrected chi connectivity index (χ2v) is 7.86. The number of nitrogens with zero attached hydrogens (tertiary/aromatic N) is 2. The molecule has 32 heavy (non-hydrogen) atoms. The lowest BCUT2D eigenvalue weighted by molar-refractivity contribution is -0.120. The summed E-state index contributed by atoms with van der Waals surface area (Å²) in [5.74, 6) is -0.288. The van der Waals surface area contributed by atoms with Gasteiger partial charge >= 0.3 is 0 Å². The third kappa shape index (κ3) is 4.12. The Kier molecular flexibility index (Phi) is 6.28. The molecule has 0 spiro atoms. The molecule has 3 aromatic carbocycles. The predicted molar refractivity (Wildman–Crippen MR) is 126 cm³/mol. The highest BCUT2D eigenvalue weighted by Gasteiger charge is 2.42. The Bertz CT molecular complexity index is 1170. The van der Waals surface area contributed by atoms with Crippen molar-refractivity contribution in [1.82, 2.24) is 4.90 Å². The quantitative estimate of drug-likeness (QED) is 0.471. The Labute approximate surface area is 192 Å². The molecule has 0 radical (unpaired) electrons. The van der Waals surface area contributed by atoms with Crippen LogP contribution in [0.2, 0.25) is 5.02 Å². The second-order valence-electron chi connectivity index (χ2n) is 7.42. The molecule has 1 aliphatic rings. The van der Waals surface area contributed by atoms with Crippen molar-refractivity contribution in [2.75, 3.05) is 18.6 Å². The van der Waals surface area contributed by atoms with Crippen molar-refractivity contribution in [3.63, 3.8) is 0 Å². The summed E-state index contributed by atoms with van der Waals surface area (Å²) in [6.45, 7) is 2.76. The van der Waals surface area contributed by atoms with Gasteiger partial charge in [-0.15, -0.1) is 0 Å². The molecule has 0 atom stereocenters. The van der Waals surface area contributed by atoms with Gasteiger partial charge in [-0.25, -0.2) is 4.90 Å². The number of amides is 2. The fraction of sp³-hybridized carbons (Fsp3) is 0.154. The molecule has 162 valence electrons. The number of halogens is 1. The van der Waals surface area contributed by atoms with E-state index in [2.05, 4.69) is 0 Å². The number of para-hydroxylation sites is 2. The third-order valence-electron chi connectivity index (χ3n) is 5.24. The SMILES string of the molecule is CCOc1ccccc1N1C(=O)C(c2ccc(Cl)cc2)=C(N(C)Cc2ccccc2)C1=O. The summed E-state index contributed by atoms with van der Waals surface area (Å²) < 4.78 is 5.70. The molecule has 2 amide bonds. The first-order chi connectivity index (χ1) is 15.5. The van der Waals surface area contributed by atoms with Crippen LogP contribution in [0.1, 0.15) is 18.1 Å². The van der Waals surface area contributed by atoms with Crippen LogP contribution in [-0.4, -0.2) is 30.4 Å². The first-order valence-corrected chi connectivity index (χ1v) is 10.7. The average Bonchev–Trinajstić information content (AvgIpc) is 3.06. The zero-order chi connectivity index (χ0) is 22.7. The predicted octanol–water partition coefficient (Wildman–Crippen LogP) is 5.16. The van der Waals surface area contributed by atoms with E-state index in [0.717, 1.165) is 5.56 Å². The maximum absolute atomic E-state index is 13.7. The van der Waals surface area contributed by atoms with Crippen LogP contribution >= 0.6 is 11.6 Å². The average molecular weight is 447 g/mol. The number of hydrogen-bond acceptors (Lipinski definition) is 4. The molecule has 0 saturated carbocycles. The molecule has 0 N–H and O–H groups in total. The molecule has 0 unspecified atom stereocenters. The van der Waals surface area contributed by atoms with Crippen molar-refractivity contribution < 1.29 is 14.3 Å². The van der Waals surface area contributed by atoms with E-state index in [1.54, 1.807) is 42.5 Å². The Hall–Kier alpha value is -3.57. The summed E-state index contributed by atoms with van der Waals surface area (Å²) in [5, 5.41) is 0.559. The largest absolute Gasteiger partial charge is 0.492 e. The van der Waals surface area contributed by atoms with Gasteiger partial charge in [-0.05, 0) is 42.3 Å². The smallest absolute Gasteiger partial charge is 0.282 e. The maximum atomic E-state index is 13.7. The second kappa shape index (κ2) is 9.28. The first-order valence-electron chi connectivity index (χ1n) is 10.4. The van der Waals surface area contributed by atoms with Crippen molar-refractivity contribution >= 4 is 34.7 Å². The lowest BCUT2D eigenvalue weighted by Crippen LogP contribution is -2.34. The fourth-order valence-corrected chi connectivity index (χ4v) is 3.95. The highest BCUT2D eigenvalue weighted by Crippen LogP contribution is 2.38. The third-order valence-corrected chi connectivity index (χ3v) is 5.49. The number of rotatable bonds is 7. The van der Waals surface area contributed by atoms with Gasteiger partial charge in [0.2, 0.25) is 0 Å². The number of imide groups is 1. The van der Waals surface area contributed by atoms with Gasteiger partial charge in [0.25, 0.3) is 11.8 Å². The van der Waals surface area contributed by atoms with Crippen LogP contribution in [-0.2, 0) is 16.1 Å². The molecule has 0 bridgehead atoms. The Morgan fingerprint density at radius 3 is 2.22 bits per heavy atom. The fourth-order valence-electron chi connectivity index (χ4n) is 3.82. The van der Waals surface area contributed by atoms with Crippen LogP contribution in [0.15, 0.2) is 84.6 Å². The van der Waals surface area contributed by atoms with Gasteiger partial charge in [-0.1, -0.05) is 66.2 Å². The molecule has 0 aromatic heterocycles. The molecule has 6 heteroatoms. The first kappa shape index (κ1) is 21.7. The highest BCUT2D eigenvalue weighted by molar-refractivity contribution is 6.45. The number of carbonyl (C=O) groups is 2. The molecule has 0 fully saturated rings. The minimum Gasteiger partial charge on any atom is -0.492 e. The number of hydrogen-bond donors (Lipinski definition) is 0. The van der Waals surface area contributed by atoms with E-state index in [1.807, 2.05) is 55.3 Å². The van der Waals surface area contributed by atoms with Crippen LogP contribution < -0.4 is 9.64 Å². The molecule has 1 heterocycles. The minimum atomic E-state index is -0.389. The monoisotopic (exact) mass is 446 g/mol. The van der Waals surface area contributed by atoms with E-state index in [9.17, 15) is 9.59 Å². The Morgan fingerprint density at radius 1 is 0.875 bits per heavy atom. The number of likely N-dealkylation sites (N-methyl/N-ethyl adjacent to an activating group) is 1. The zero-order valence-corrected chi connectivity index (χ0v) is 18.7. The number of anilines is 1. The van der Waals surface area contributed by atoms with Gasteiger partial charge < -0.3 is 9.64 Å². The van der Waals surface area contributed by atoms with Crippen LogP contribution in [0.5, 0.6) is 5.75 Å². The summed E-state index contributed by atoms with van der Waals surface area (Å²) >= 11 is 6.06. The highest BCUT2D eigenvalue weighted by atomic mass is 35.5. The van der Waals surface area contributed by atoms with E-state index in [1.165, 1.54) is 4.90 Å². The normalized spacial score (nSPS) is 13.7. The summed E-state index contributed by atoms with van der Waals surface area (Å²) in [5.41, 5.74) is 2.79. The summed E-state index contributed by atoms with van der Waals surface area (Å²) in [6, 6.07) is 23.8. The van der Waals surface area contributed by atoms with E-state index in [4.69, 9.17) is 16.3 Å². The van der Waals surface area contributed by atoms with Crippen LogP contribution in [0.3, 0.4) is 0 Å². The van der Waals surface area contributed by atoms with Crippen molar-refractivity contribution in [3.8, 4) is 5.75 Å². The van der Waals surface area contributed by atoms with E-state index in [0.29, 0.717) is 46.4 Å². The number of benzene rings is 3. The van der Waals surface area contributed by atoms with Crippen LogP contribution in [0.4, 0.5) is 5.69 Å². The van der Waals surface area contributed by atoms with Gasteiger partial charge in [0.1, 0.15) is 11.4 Å². The van der Waals surface area contributed by atoms with E-state index in [-0.39, 0.29) is 11.8 Å². The summed E-state index contributed by atoms with van der Waals surface area (Å²) in [6.07, 6.45) is 0. The van der Waals surface area contributed by atoms with Gasteiger partial charge in [0.05, 0.1) is 17.9 Å². The molecular weight excluding hydrogens is 424 g/mol. The number of carbonyl (C=O) groups excluding carboxylic acids is 2. The summed E-state index contributed by atoms with van der Waals surface area (Å²) in [7, 11) is 1.82. The lowest BCUT2D eigenvalue weighted by atomic mass is 10.0. The molecule has 0 aliphatic carbocycles. The molecule has 4 rings (SSSR count). The van der Waals surface area contributed by atoms with Crippen molar-refractivity contribution in [2.24, 2.45) is 0 Å². The number of ether oxygens (including phenoxy) is 1. The van der Waals surface area contributed by atoms with Gasteiger partial charge in [-0.2, -0.15) is 0 Å². The van der Waals surface area contributed by atoms with Gasteiger partial charge in [0.15, 0.2) is 0 Å². The Balaban J connectivity index is 1.81. The van der Waals surface area contributed by atoms with Gasteiger partial charge in [-0.3, -0.25) is 9.59 Å². The summed E-state index contributed by atoms with van der Waals surface area (Å²) in [4.78, 5) is 30.4. The van der Waals surface area contributed by atoms with E-state index >= 15 is 0 Å². The minimum absolute atomic E-state index is 0.340.